The van der Waals surface area contributed by atoms with E-state index in [1.165, 1.54) is 25.7 Å². The molecule has 4 rings (SSSR count). The van der Waals surface area contributed by atoms with Crippen LogP contribution in [0.1, 0.15) is 44.3 Å². The third-order valence-corrected chi connectivity index (χ3v) is 4.64. The van der Waals surface area contributed by atoms with Gasteiger partial charge in [0.25, 0.3) is 0 Å². The molecule has 3 aromatic rings. The van der Waals surface area contributed by atoms with Gasteiger partial charge in [-0.3, -0.25) is 9.36 Å². The molecule has 0 saturated heterocycles. The van der Waals surface area contributed by atoms with Gasteiger partial charge in [0.2, 0.25) is 0 Å². The van der Waals surface area contributed by atoms with Gasteiger partial charge in [-0.1, -0.05) is 12.8 Å². The predicted molar refractivity (Wildman–Crippen MR) is 90.6 cm³/mol. The minimum Gasteiger partial charge on any atom is -0.365 e. The Labute approximate surface area is 140 Å². The second-order valence-electron chi connectivity index (χ2n) is 6.58. The van der Waals surface area contributed by atoms with Gasteiger partial charge in [-0.15, -0.1) is 0 Å². The first-order chi connectivity index (χ1) is 11.7. The number of anilines is 1. The molecule has 1 aliphatic rings. The van der Waals surface area contributed by atoms with Crippen LogP contribution in [0.4, 0.5) is 5.82 Å². The largest absolute Gasteiger partial charge is 0.365 e. The fraction of sp³-hybridized carbons (Fsp3) is 0.562. The number of fused-ring (bicyclic) bond motifs is 1. The van der Waals surface area contributed by atoms with Gasteiger partial charge < -0.3 is 5.32 Å². The van der Waals surface area contributed by atoms with Crippen LogP contribution in [0.2, 0.25) is 0 Å². The van der Waals surface area contributed by atoms with E-state index in [1.54, 1.807) is 12.7 Å². The van der Waals surface area contributed by atoms with E-state index in [0.717, 1.165) is 29.2 Å². The molecule has 0 radical (unpaired) electrons. The minimum atomic E-state index is 0.168. The Bertz CT molecular complexity index is 816. The third-order valence-electron chi connectivity index (χ3n) is 4.64. The normalized spacial score (nSPS) is 16.8. The number of rotatable bonds is 5. The van der Waals surface area contributed by atoms with Gasteiger partial charge in [0, 0.05) is 19.0 Å². The summed E-state index contributed by atoms with van der Waals surface area (Å²) in [4.78, 5) is 13.6. The van der Waals surface area contributed by atoms with Gasteiger partial charge in [0.05, 0.1) is 18.1 Å². The Morgan fingerprint density at radius 2 is 2.08 bits per heavy atom. The maximum atomic E-state index is 4.84. The predicted octanol–water partition coefficient (Wildman–Crippen LogP) is 2.11. The molecule has 1 atom stereocenters. The highest BCUT2D eigenvalue weighted by molar-refractivity contribution is 5.86. The third kappa shape index (κ3) is 2.83. The lowest BCUT2D eigenvalue weighted by molar-refractivity contribution is 0.558. The van der Waals surface area contributed by atoms with Crippen molar-refractivity contribution in [3.63, 3.8) is 0 Å². The van der Waals surface area contributed by atoms with Gasteiger partial charge in [-0.25, -0.2) is 15.0 Å². The highest BCUT2D eigenvalue weighted by atomic mass is 15.3. The molecule has 8 heteroatoms. The van der Waals surface area contributed by atoms with E-state index in [-0.39, 0.29) is 6.04 Å². The topological polar surface area (TPSA) is 86.3 Å². The molecule has 0 aromatic carbocycles. The van der Waals surface area contributed by atoms with Crippen LogP contribution in [-0.4, -0.2) is 40.6 Å². The summed E-state index contributed by atoms with van der Waals surface area (Å²) in [6.45, 7) is 2.84. The molecule has 3 aromatic heterocycles. The molecule has 0 bridgehead atoms. The van der Waals surface area contributed by atoms with Crippen LogP contribution in [0.3, 0.4) is 0 Å². The first kappa shape index (κ1) is 15.0. The van der Waals surface area contributed by atoms with Crippen molar-refractivity contribution in [2.75, 3.05) is 5.32 Å². The Balaban J connectivity index is 1.65. The van der Waals surface area contributed by atoms with Crippen molar-refractivity contribution < 1.29 is 0 Å². The molecule has 0 unspecified atom stereocenters. The molecule has 1 saturated carbocycles. The molecule has 1 fully saturated rings. The van der Waals surface area contributed by atoms with Gasteiger partial charge in [-0.2, -0.15) is 10.2 Å². The van der Waals surface area contributed by atoms with E-state index in [2.05, 4.69) is 27.4 Å². The first-order valence-electron chi connectivity index (χ1n) is 8.49. The lowest BCUT2D eigenvalue weighted by atomic mass is 10.1. The summed E-state index contributed by atoms with van der Waals surface area (Å²) in [5, 5.41) is 13.0. The average molecular weight is 326 g/mol. The second kappa shape index (κ2) is 6.18. The smallest absolute Gasteiger partial charge is 0.163 e. The zero-order valence-electron chi connectivity index (χ0n) is 14.1. The van der Waals surface area contributed by atoms with Crippen LogP contribution in [0.15, 0.2) is 18.9 Å². The van der Waals surface area contributed by atoms with E-state index in [9.17, 15) is 0 Å². The Morgan fingerprint density at radius 3 is 2.83 bits per heavy atom. The summed E-state index contributed by atoms with van der Waals surface area (Å²) in [7, 11) is 1.93. The van der Waals surface area contributed by atoms with E-state index >= 15 is 0 Å². The zero-order chi connectivity index (χ0) is 16.5. The Kier molecular flexibility index (Phi) is 3.87. The van der Waals surface area contributed by atoms with E-state index in [4.69, 9.17) is 9.97 Å². The van der Waals surface area contributed by atoms with E-state index < -0.39 is 0 Å². The summed E-state index contributed by atoms with van der Waals surface area (Å²) in [5.41, 5.74) is 0.891. The Hall–Kier alpha value is -2.51. The first-order valence-corrected chi connectivity index (χ1v) is 8.49. The van der Waals surface area contributed by atoms with Crippen molar-refractivity contribution in [2.45, 2.75) is 51.1 Å². The summed E-state index contributed by atoms with van der Waals surface area (Å²) in [6, 6.07) is 0.168. The molecule has 0 spiro atoms. The highest BCUT2D eigenvalue weighted by Crippen LogP contribution is 2.34. The molecule has 8 nitrogen and oxygen atoms in total. The van der Waals surface area contributed by atoms with E-state index in [0.29, 0.717) is 5.92 Å². The molecular weight excluding hydrogens is 304 g/mol. The van der Waals surface area contributed by atoms with Crippen LogP contribution < -0.4 is 5.32 Å². The fourth-order valence-electron chi connectivity index (χ4n) is 3.40. The SMILES string of the molecule is C[C@@H](Cn1cncn1)Nc1nc(C2CCCC2)nc2c1cnn2C. The van der Waals surface area contributed by atoms with Crippen molar-refractivity contribution in [1.29, 1.82) is 0 Å². The van der Waals surface area contributed by atoms with Gasteiger partial charge in [0.1, 0.15) is 24.3 Å². The molecule has 1 aliphatic carbocycles. The molecule has 0 amide bonds. The molecule has 1 N–H and O–H groups in total. The molecule has 24 heavy (non-hydrogen) atoms. The number of hydrogen-bond acceptors (Lipinski definition) is 6. The number of aryl methyl sites for hydroxylation is 1. The fourth-order valence-corrected chi connectivity index (χ4v) is 3.40. The van der Waals surface area contributed by atoms with Crippen LogP contribution in [0.25, 0.3) is 11.0 Å². The number of hydrogen-bond donors (Lipinski definition) is 1. The van der Waals surface area contributed by atoms with Crippen LogP contribution in [-0.2, 0) is 13.6 Å². The lowest BCUT2D eigenvalue weighted by Crippen LogP contribution is -2.23. The Morgan fingerprint density at radius 1 is 1.25 bits per heavy atom. The van der Waals surface area contributed by atoms with E-state index in [1.807, 2.05) is 22.6 Å². The van der Waals surface area contributed by atoms with Gasteiger partial charge in [-0.05, 0) is 19.8 Å². The lowest BCUT2D eigenvalue weighted by Gasteiger charge is -2.17. The van der Waals surface area contributed by atoms with Crippen molar-refractivity contribution >= 4 is 16.9 Å². The van der Waals surface area contributed by atoms with Crippen molar-refractivity contribution in [2.24, 2.45) is 7.05 Å². The standard InChI is InChI=1S/C16H22N8/c1-11(8-24-10-17-9-19-24)20-15-13-7-18-23(2)16(13)22-14(21-15)12-5-3-4-6-12/h7,9-12H,3-6,8H2,1-2H3,(H,20,21,22)/t11-/m0/s1. The maximum Gasteiger partial charge on any atom is 0.163 e. The molecule has 3 heterocycles. The molecule has 126 valence electrons. The number of aromatic nitrogens is 7. The summed E-state index contributed by atoms with van der Waals surface area (Å²) >= 11 is 0. The van der Waals surface area contributed by atoms with Crippen molar-refractivity contribution in [1.82, 2.24) is 34.5 Å². The summed E-state index contributed by atoms with van der Waals surface area (Å²) < 4.78 is 3.64. The highest BCUT2D eigenvalue weighted by Gasteiger charge is 2.22. The number of nitrogens with one attached hydrogen (secondary N) is 1. The quantitative estimate of drug-likeness (QED) is 0.773. The second-order valence-corrected chi connectivity index (χ2v) is 6.58. The summed E-state index contributed by atoms with van der Waals surface area (Å²) in [6.07, 6.45) is 10.00. The van der Waals surface area contributed by atoms with Gasteiger partial charge in [0.15, 0.2) is 5.65 Å². The minimum absolute atomic E-state index is 0.168. The monoisotopic (exact) mass is 326 g/mol. The average Bonchev–Trinajstić information content (AvgIpc) is 3.30. The molecule has 0 aliphatic heterocycles. The maximum absolute atomic E-state index is 4.84. The van der Waals surface area contributed by atoms with Crippen molar-refractivity contribution in [3.05, 3.63) is 24.7 Å². The van der Waals surface area contributed by atoms with Crippen molar-refractivity contribution in [3.8, 4) is 0 Å². The van der Waals surface area contributed by atoms with Crippen LogP contribution in [0.5, 0.6) is 0 Å². The number of nitrogens with zero attached hydrogens (tertiary/aromatic N) is 7. The summed E-state index contributed by atoms with van der Waals surface area (Å²) in [5.74, 6) is 2.28. The molecular formula is C16H22N8. The zero-order valence-corrected chi connectivity index (χ0v) is 14.1. The van der Waals surface area contributed by atoms with Crippen LogP contribution >= 0.6 is 0 Å². The van der Waals surface area contributed by atoms with Crippen LogP contribution in [0, 0.1) is 0 Å². The van der Waals surface area contributed by atoms with Gasteiger partial charge >= 0.3 is 0 Å².